The topological polar surface area (TPSA) is 81.1 Å². The van der Waals surface area contributed by atoms with Gasteiger partial charge in [-0.25, -0.2) is 14.8 Å². The van der Waals surface area contributed by atoms with Gasteiger partial charge in [0.05, 0.1) is 6.61 Å². The number of fused-ring (bicyclic) bond motifs is 1. The monoisotopic (exact) mass is 407 g/mol. The van der Waals surface area contributed by atoms with Gasteiger partial charge >= 0.3 is 6.03 Å². The van der Waals surface area contributed by atoms with Crippen LogP contribution in [0.25, 0.3) is 11.2 Å². The minimum Gasteiger partial charge on any atom is -0.494 e. The zero-order valence-corrected chi connectivity index (χ0v) is 17.4. The van der Waals surface area contributed by atoms with Crippen molar-refractivity contribution >= 4 is 22.9 Å². The van der Waals surface area contributed by atoms with Gasteiger partial charge in [0.2, 0.25) is 0 Å². The number of rotatable bonds is 7. The number of nitrogens with one attached hydrogen (secondary N) is 2. The predicted molar refractivity (Wildman–Crippen MR) is 118 cm³/mol. The molecule has 0 atom stereocenters. The molecule has 30 heavy (non-hydrogen) atoms. The number of anilines is 1. The highest BCUT2D eigenvalue weighted by Crippen LogP contribution is 2.31. The molecule has 1 aliphatic rings. The van der Waals surface area contributed by atoms with Gasteiger partial charge in [0.15, 0.2) is 5.65 Å². The Morgan fingerprint density at radius 2 is 1.97 bits per heavy atom. The molecule has 0 spiro atoms. The van der Waals surface area contributed by atoms with Crippen LogP contribution < -0.4 is 15.4 Å². The largest absolute Gasteiger partial charge is 0.494 e. The van der Waals surface area contributed by atoms with Crippen LogP contribution in [-0.2, 0) is 6.42 Å². The van der Waals surface area contributed by atoms with Crippen LogP contribution in [0.3, 0.4) is 0 Å². The number of urea groups is 1. The van der Waals surface area contributed by atoms with Crippen molar-refractivity contribution in [3.05, 3.63) is 48.4 Å². The number of nitrogens with zero attached hydrogens (tertiary/aromatic N) is 3. The lowest BCUT2D eigenvalue weighted by Gasteiger charge is -2.25. The van der Waals surface area contributed by atoms with Crippen molar-refractivity contribution in [1.29, 1.82) is 0 Å². The van der Waals surface area contributed by atoms with Crippen LogP contribution in [-0.4, -0.2) is 33.7 Å². The zero-order chi connectivity index (χ0) is 20.8. The van der Waals surface area contributed by atoms with Gasteiger partial charge in [-0.15, -0.1) is 0 Å². The Labute approximate surface area is 176 Å². The molecule has 4 rings (SSSR count). The van der Waals surface area contributed by atoms with Gasteiger partial charge in [0.1, 0.15) is 17.1 Å². The number of ether oxygens (including phenoxy) is 1. The Hall–Kier alpha value is -3.09. The van der Waals surface area contributed by atoms with E-state index in [4.69, 9.17) is 9.72 Å². The number of hydrogen-bond acceptors (Lipinski definition) is 4. The van der Waals surface area contributed by atoms with E-state index in [1.165, 1.54) is 32.1 Å². The van der Waals surface area contributed by atoms with Crippen molar-refractivity contribution in [2.24, 2.45) is 0 Å². The van der Waals surface area contributed by atoms with Crippen molar-refractivity contribution in [3.8, 4) is 5.75 Å². The lowest BCUT2D eigenvalue weighted by Crippen LogP contribution is -2.31. The van der Waals surface area contributed by atoms with Crippen molar-refractivity contribution in [1.82, 2.24) is 19.9 Å². The quantitative estimate of drug-likeness (QED) is 0.595. The first-order valence-electron chi connectivity index (χ1n) is 10.8. The van der Waals surface area contributed by atoms with Crippen LogP contribution >= 0.6 is 0 Å². The van der Waals surface area contributed by atoms with E-state index in [2.05, 4.69) is 20.2 Å². The second kappa shape index (κ2) is 9.61. The van der Waals surface area contributed by atoms with Crippen LogP contribution in [0.5, 0.6) is 5.75 Å². The third kappa shape index (κ3) is 4.72. The molecule has 2 heterocycles. The molecule has 1 saturated carbocycles. The van der Waals surface area contributed by atoms with Crippen LogP contribution in [0.2, 0.25) is 0 Å². The number of hydrogen-bond donors (Lipinski definition) is 2. The summed E-state index contributed by atoms with van der Waals surface area (Å²) in [5.74, 6) is 1.79. The molecule has 1 aromatic carbocycles. The maximum Gasteiger partial charge on any atom is 0.319 e. The number of benzene rings is 1. The highest BCUT2D eigenvalue weighted by atomic mass is 16.5. The SMILES string of the molecule is CCOc1ccc(NC(=O)NCCc2nc3cccnc3n2C2CCCCC2)cc1. The standard InChI is InChI=1S/C23H29N5O2/c1-2-30-19-12-10-17(11-13-19)26-23(29)25-16-14-21-27-20-9-6-15-24-22(20)28(21)18-7-4-3-5-8-18/h6,9-13,15,18H,2-5,7-8,14,16H2,1H3,(H2,25,26,29). The minimum absolute atomic E-state index is 0.224. The number of carbonyl (C=O) groups is 1. The first-order valence-corrected chi connectivity index (χ1v) is 10.8. The summed E-state index contributed by atoms with van der Waals surface area (Å²) in [6.07, 6.45) is 8.64. The minimum atomic E-state index is -0.224. The van der Waals surface area contributed by atoms with Gasteiger partial charge in [-0.3, -0.25) is 0 Å². The Kier molecular flexibility index (Phi) is 6.47. The van der Waals surface area contributed by atoms with E-state index < -0.39 is 0 Å². The number of pyridine rings is 1. The molecule has 158 valence electrons. The molecule has 3 aromatic rings. The van der Waals surface area contributed by atoms with Crippen LogP contribution in [0.1, 0.15) is 50.9 Å². The molecular weight excluding hydrogens is 378 g/mol. The molecular formula is C23H29N5O2. The maximum absolute atomic E-state index is 12.3. The summed E-state index contributed by atoms with van der Waals surface area (Å²) in [7, 11) is 0. The molecule has 0 radical (unpaired) electrons. The second-order valence-corrected chi connectivity index (χ2v) is 7.62. The van der Waals surface area contributed by atoms with Crippen molar-refractivity contribution in [2.45, 2.75) is 51.5 Å². The molecule has 2 N–H and O–H groups in total. The third-order valence-corrected chi connectivity index (χ3v) is 5.52. The van der Waals surface area contributed by atoms with E-state index in [1.54, 1.807) is 0 Å². The molecule has 1 fully saturated rings. The van der Waals surface area contributed by atoms with Crippen LogP contribution in [0, 0.1) is 0 Å². The second-order valence-electron chi connectivity index (χ2n) is 7.62. The van der Waals surface area contributed by atoms with Crippen molar-refractivity contribution in [2.75, 3.05) is 18.5 Å². The fourth-order valence-electron chi connectivity index (χ4n) is 4.14. The van der Waals surface area contributed by atoms with E-state index in [9.17, 15) is 4.79 Å². The van der Waals surface area contributed by atoms with Gasteiger partial charge < -0.3 is 19.9 Å². The summed E-state index contributed by atoms with van der Waals surface area (Å²) in [6, 6.07) is 11.5. The molecule has 2 aromatic heterocycles. The van der Waals surface area contributed by atoms with Crippen molar-refractivity contribution < 1.29 is 9.53 Å². The third-order valence-electron chi connectivity index (χ3n) is 5.52. The summed E-state index contributed by atoms with van der Waals surface area (Å²) in [5, 5.41) is 5.80. The lowest BCUT2D eigenvalue weighted by atomic mass is 9.95. The Morgan fingerprint density at radius 3 is 2.73 bits per heavy atom. The van der Waals surface area contributed by atoms with Gasteiger partial charge in [0.25, 0.3) is 0 Å². The molecule has 0 saturated heterocycles. The van der Waals surface area contributed by atoms with E-state index in [-0.39, 0.29) is 6.03 Å². The van der Waals surface area contributed by atoms with Gasteiger partial charge in [0, 0.05) is 30.9 Å². The molecule has 0 unspecified atom stereocenters. The summed E-state index contributed by atoms with van der Waals surface area (Å²) in [4.78, 5) is 21.7. The number of imidazole rings is 1. The summed E-state index contributed by atoms with van der Waals surface area (Å²) < 4.78 is 7.73. The van der Waals surface area contributed by atoms with Gasteiger partial charge in [-0.1, -0.05) is 19.3 Å². The maximum atomic E-state index is 12.3. The Balaban J connectivity index is 1.38. The Bertz CT molecular complexity index is 977. The molecule has 7 heteroatoms. The van der Waals surface area contributed by atoms with Gasteiger partial charge in [-0.05, 0) is 56.2 Å². The number of carbonyl (C=O) groups excluding carboxylic acids is 1. The highest BCUT2D eigenvalue weighted by molar-refractivity contribution is 5.89. The van der Waals surface area contributed by atoms with E-state index >= 15 is 0 Å². The summed E-state index contributed by atoms with van der Waals surface area (Å²) in [5.41, 5.74) is 2.62. The van der Waals surface area contributed by atoms with Crippen LogP contribution in [0.4, 0.5) is 10.5 Å². The smallest absolute Gasteiger partial charge is 0.319 e. The average molecular weight is 408 g/mol. The van der Waals surface area contributed by atoms with Gasteiger partial charge in [-0.2, -0.15) is 0 Å². The Morgan fingerprint density at radius 1 is 1.17 bits per heavy atom. The predicted octanol–water partition coefficient (Wildman–Crippen LogP) is 4.70. The molecule has 2 amide bonds. The fourth-order valence-corrected chi connectivity index (χ4v) is 4.14. The van der Waals surface area contributed by atoms with E-state index in [0.29, 0.717) is 25.6 Å². The molecule has 0 bridgehead atoms. The van der Waals surface area contributed by atoms with E-state index in [1.807, 2.05) is 49.5 Å². The first kappa shape index (κ1) is 20.2. The first-order chi connectivity index (χ1) is 14.7. The van der Waals surface area contributed by atoms with Crippen LogP contribution in [0.15, 0.2) is 42.6 Å². The van der Waals surface area contributed by atoms with Crippen molar-refractivity contribution in [3.63, 3.8) is 0 Å². The fraction of sp³-hybridized carbons (Fsp3) is 0.435. The molecule has 1 aliphatic carbocycles. The number of amides is 2. The normalized spacial score (nSPS) is 14.6. The molecule has 7 nitrogen and oxygen atoms in total. The summed E-state index contributed by atoms with van der Waals surface area (Å²) >= 11 is 0. The summed E-state index contributed by atoms with van der Waals surface area (Å²) in [6.45, 7) is 3.07. The van der Waals surface area contributed by atoms with E-state index in [0.717, 1.165) is 28.4 Å². The molecule has 0 aliphatic heterocycles. The zero-order valence-electron chi connectivity index (χ0n) is 17.4. The lowest BCUT2D eigenvalue weighted by molar-refractivity contribution is 0.252. The number of aromatic nitrogens is 3. The highest BCUT2D eigenvalue weighted by Gasteiger charge is 2.21. The average Bonchev–Trinajstić information content (AvgIpc) is 3.14.